The lowest BCUT2D eigenvalue weighted by Crippen LogP contribution is -2.34. The Morgan fingerprint density at radius 3 is 2.68 bits per heavy atom. The first-order valence-electron chi connectivity index (χ1n) is 8.92. The zero-order chi connectivity index (χ0) is 20.1. The van der Waals surface area contributed by atoms with Crippen LogP contribution in [0.3, 0.4) is 0 Å². The average molecular weight is 386 g/mol. The highest BCUT2D eigenvalue weighted by atomic mass is 16.6. The van der Waals surface area contributed by atoms with Crippen LogP contribution in [0.5, 0.6) is 17.2 Å². The van der Waals surface area contributed by atoms with Gasteiger partial charge in [-0.05, 0) is 37.1 Å². The van der Waals surface area contributed by atoms with E-state index in [4.69, 9.17) is 14.2 Å². The van der Waals surface area contributed by atoms with E-state index >= 15 is 0 Å². The standard InChI is InChI=1S/C20H22N2O6/c1-26-14-9-10-18(27-2)15(12-14)16-7-5-11-21(16)20(23)13-28-19-8-4-3-6-17(19)22(24)25/h3-4,6,8-10,12,16H,5,7,11,13H2,1-2H3. The molecular weight excluding hydrogens is 364 g/mol. The van der Waals surface area contributed by atoms with Gasteiger partial charge in [-0.3, -0.25) is 14.9 Å². The molecule has 0 saturated carbocycles. The number of benzene rings is 2. The number of ether oxygens (including phenoxy) is 3. The Morgan fingerprint density at radius 1 is 1.18 bits per heavy atom. The predicted molar refractivity (Wildman–Crippen MR) is 102 cm³/mol. The first-order valence-corrected chi connectivity index (χ1v) is 8.92. The van der Waals surface area contributed by atoms with E-state index in [0.29, 0.717) is 18.0 Å². The second-order valence-electron chi connectivity index (χ2n) is 6.37. The molecule has 1 aliphatic heterocycles. The molecule has 1 atom stereocenters. The number of hydrogen-bond donors (Lipinski definition) is 0. The van der Waals surface area contributed by atoms with Crippen molar-refractivity contribution in [1.29, 1.82) is 0 Å². The number of carbonyl (C=O) groups excluding carboxylic acids is 1. The minimum atomic E-state index is -0.528. The number of likely N-dealkylation sites (tertiary alicyclic amines) is 1. The van der Waals surface area contributed by atoms with Gasteiger partial charge in [0.25, 0.3) is 5.91 Å². The largest absolute Gasteiger partial charge is 0.497 e. The molecule has 1 heterocycles. The van der Waals surface area contributed by atoms with Gasteiger partial charge in [-0.2, -0.15) is 0 Å². The lowest BCUT2D eigenvalue weighted by atomic mass is 10.0. The molecular formula is C20H22N2O6. The van der Waals surface area contributed by atoms with Crippen molar-refractivity contribution in [3.63, 3.8) is 0 Å². The van der Waals surface area contributed by atoms with Crippen LogP contribution in [-0.4, -0.2) is 43.1 Å². The van der Waals surface area contributed by atoms with Crippen LogP contribution in [0, 0.1) is 10.1 Å². The summed E-state index contributed by atoms with van der Waals surface area (Å²) < 4.78 is 16.2. The van der Waals surface area contributed by atoms with Crippen LogP contribution >= 0.6 is 0 Å². The van der Waals surface area contributed by atoms with Crippen LogP contribution in [0.2, 0.25) is 0 Å². The molecule has 0 aliphatic carbocycles. The molecule has 1 aliphatic rings. The quantitative estimate of drug-likeness (QED) is 0.535. The molecule has 28 heavy (non-hydrogen) atoms. The third kappa shape index (κ3) is 4.00. The summed E-state index contributed by atoms with van der Waals surface area (Å²) in [4.78, 5) is 25.1. The summed E-state index contributed by atoms with van der Waals surface area (Å²) in [6.07, 6.45) is 1.64. The molecule has 1 unspecified atom stereocenters. The predicted octanol–water partition coefficient (Wildman–Crippen LogP) is 3.35. The monoisotopic (exact) mass is 386 g/mol. The molecule has 2 aromatic rings. The molecule has 0 N–H and O–H groups in total. The summed E-state index contributed by atoms with van der Waals surface area (Å²) in [6, 6.07) is 11.4. The lowest BCUT2D eigenvalue weighted by molar-refractivity contribution is -0.385. The molecule has 1 fully saturated rings. The van der Waals surface area contributed by atoms with E-state index in [1.807, 2.05) is 12.1 Å². The fourth-order valence-corrected chi connectivity index (χ4v) is 3.44. The smallest absolute Gasteiger partial charge is 0.310 e. The van der Waals surface area contributed by atoms with Crippen molar-refractivity contribution in [2.45, 2.75) is 18.9 Å². The summed E-state index contributed by atoms with van der Waals surface area (Å²) in [6.45, 7) is 0.317. The van der Waals surface area contributed by atoms with Gasteiger partial charge in [0.15, 0.2) is 12.4 Å². The Kier molecular flexibility index (Phi) is 5.98. The number of nitro groups is 1. The number of rotatable bonds is 7. The van der Waals surface area contributed by atoms with Crippen molar-refractivity contribution in [1.82, 2.24) is 4.90 Å². The van der Waals surface area contributed by atoms with E-state index in [1.54, 1.807) is 37.3 Å². The Morgan fingerprint density at radius 2 is 1.96 bits per heavy atom. The number of nitro benzene ring substituents is 1. The first-order chi connectivity index (χ1) is 13.5. The van der Waals surface area contributed by atoms with Crippen molar-refractivity contribution in [3.8, 4) is 17.2 Å². The highest BCUT2D eigenvalue weighted by Crippen LogP contribution is 2.39. The first kappa shape index (κ1) is 19.5. The van der Waals surface area contributed by atoms with E-state index in [-0.39, 0.29) is 30.0 Å². The second-order valence-corrected chi connectivity index (χ2v) is 6.37. The zero-order valence-corrected chi connectivity index (χ0v) is 15.8. The average Bonchev–Trinajstić information content (AvgIpc) is 3.21. The van der Waals surface area contributed by atoms with Gasteiger partial charge in [-0.1, -0.05) is 12.1 Å². The van der Waals surface area contributed by atoms with Gasteiger partial charge in [0.2, 0.25) is 0 Å². The topological polar surface area (TPSA) is 91.1 Å². The van der Waals surface area contributed by atoms with Crippen molar-refractivity contribution in [3.05, 3.63) is 58.1 Å². The Hall–Kier alpha value is -3.29. The molecule has 8 heteroatoms. The fourth-order valence-electron chi connectivity index (χ4n) is 3.44. The van der Waals surface area contributed by atoms with E-state index in [0.717, 1.165) is 18.4 Å². The minimum absolute atomic E-state index is 0.0792. The summed E-state index contributed by atoms with van der Waals surface area (Å²) >= 11 is 0. The van der Waals surface area contributed by atoms with E-state index < -0.39 is 4.92 Å². The summed E-state index contributed by atoms with van der Waals surface area (Å²) in [5.41, 5.74) is 0.709. The van der Waals surface area contributed by atoms with Crippen LogP contribution in [0.1, 0.15) is 24.4 Å². The molecule has 0 aromatic heterocycles. The maximum Gasteiger partial charge on any atom is 0.310 e. The normalized spacial score (nSPS) is 15.9. The van der Waals surface area contributed by atoms with Crippen molar-refractivity contribution in [2.75, 3.05) is 27.4 Å². The number of nitrogens with zero attached hydrogens (tertiary/aromatic N) is 2. The summed E-state index contributed by atoms with van der Waals surface area (Å²) in [5, 5.41) is 11.1. The van der Waals surface area contributed by atoms with Gasteiger partial charge < -0.3 is 19.1 Å². The van der Waals surface area contributed by atoms with Gasteiger partial charge in [0.1, 0.15) is 11.5 Å². The lowest BCUT2D eigenvalue weighted by Gasteiger charge is -2.26. The Bertz CT molecular complexity index is 870. The molecule has 8 nitrogen and oxygen atoms in total. The number of hydrogen-bond acceptors (Lipinski definition) is 6. The second kappa shape index (κ2) is 8.60. The molecule has 2 aromatic carbocycles. The van der Waals surface area contributed by atoms with Gasteiger partial charge >= 0.3 is 5.69 Å². The maximum atomic E-state index is 12.8. The Balaban J connectivity index is 1.76. The van der Waals surface area contributed by atoms with Gasteiger partial charge in [0.05, 0.1) is 25.2 Å². The van der Waals surface area contributed by atoms with Crippen LogP contribution in [0.15, 0.2) is 42.5 Å². The van der Waals surface area contributed by atoms with E-state index in [9.17, 15) is 14.9 Å². The molecule has 1 amide bonds. The number of methoxy groups -OCH3 is 2. The number of carbonyl (C=O) groups is 1. The van der Waals surface area contributed by atoms with Crippen LogP contribution in [0.4, 0.5) is 5.69 Å². The minimum Gasteiger partial charge on any atom is -0.497 e. The van der Waals surface area contributed by atoms with Crippen LogP contribution in [0.25, 0.3) is 0 Å². The molecule has 0 radical (unpaired) electrons. The van der Waals surface area contributed by atoms with Crippen LogP contribution < -0.4 is 14.2 Å². The zero-order valence-electron chi connectivity index (χ0n) is 15.8. The van der Waals surface area contributed by atoms with Gasteiger partial charge in [-0.25, -0.2) is 0 Å². The van der Waals surface area contributed by atoms with Crippen molar-refractivity contribution in [2.24, 2.45) is 0 Å². The van der Waals surface area contributed by atoms with E-state index in [1.165, 1.54) is 12.1 Å². The molecule has 0 spiro atoms. The third-order valence-corrected chi connectivity index (χ3v) is 4.78. The number of amides is 1. The molecule has 1 saturated heterocycles. The molecule has 3 rings (SSSR count). The highest BCUT2D eigenvalue weighted by Gasteiger charge is 2.32. The Labute approximate surface area is 162 Å². The fraction of sp³-hybridized carbons (Fsp3) is 0.350. The van der Waals surface area contributed by atoms with E-state index in [2.05, 4.69) is 0 Å². The molecule has 0 bridgehead atoms. The molecule has 148 valence electrons. The maximum absolute atomic E-state index is 12.8. The highest BCUT2D eigenvalue weighted by molar-refractivity contribution is 5.79. The van der Waals surface area contributed by atoms with Gasteiger partial charge in [-0.15, -0.1) is 0 Å². The summed E-state index contributed by atoms with van der Waals surface area (Å²) in [5.74, 6) is 1.22. The van der Waals surface area contributed by atoms with Gasteiger partial charge in [0, 0.05) is 18.2 Å². The van der Waals surface area contributed by atoms with Crippen molar-refractivity contribution < 1.29 is 23.9 Å². The van der Waals surface area contributed by atoms with Crippen molar-refractivity contribution >= 4 is 11.6 Å². The van der Waals surface area contributed by atoms with Crippen LogP contribution in [-0.2, 0) is 4.79 Å². The third-order valence-electron chi connectivity index (χ3n) is 4.78. The SMILES string of the molecule is COc1ccc(OC)c(C2CCCN2C(=O)COc2ccccc2[N+](=O)[O-])c1. The number of para-hydroxylation sites is 2. The summed E-state index contributed by atoms with van der Waals surface area (Å²) in [7, 11) is 3.17.